The Morgan fingerprint density at radius 1 is 1.47 bits per heavy atom. The standard InChI is InChI=1S/C13H21BrN2O/c1-9-3-4-11(12(14)7-9)13(8-15)16-10(2)5-6-17/h3-4,7,10,13,16-17H,5-6,8,15H2,1-2H3. The maximum absolute atomic E-state index is 8.90. The van der Waals surface area contributed by atoms with Crippen LogP contribution >= 0.6 is 15.9 Å². The molecule has 0 aliphatic carbocycles. The van der Waals surface area contributed by atoms with Gasteiger partial charge < -0.3 is 16.2 Å². The number of benzene rings is 1. The molecule has 4 heteroatoms. The van der Waals surface area contributed by atoms with Crippen LogP contribution in [0.15, 0.2) is 22.7 Å². The van der Waals surface area contributed by atoms with E-state index in [0.29, 0.717) is 6.54 Å². The molecule has 3 nitrogen and oxygen atoms in total. The lowest BCUT2D eigenvalue weighted by atomic mass is 10.0. The van der Waals surface area contributed by atoms with E-state index in [1.807, 2.05) is 0 Å². The van der Waals surface area contributed by atoms with Crippen LogP contribution in [0.2, 0.25) is 0 Å². The lowest BCUT2D eigenvalue weighted by molar-refractivity contribution is 0.263. The lowest BCUT2D eigenvalue weighted by Gasteiger charge is -2.23. The van der Waals surface area contributed by atoms with Crippen LogP contribution in [0.4, 0.5) is 0 Å². The van der Waals surface area contributed by atoms with Gasteiger partial charge in [-0.05, 0) is 37.5 Å². The molecule has 96 valence electrons. The van der Waals surface area contributed by atoms with Crippen LogP contribution in [0.25, 0.3) is 0 Å². The molecule has 17 heavy (non-hydrogen) atoms. The Kier molecular flexibility index (Phi) is 6.12. The van der Waals surface area contributed by atoms with Crippen molar-refractivity contribution in [2.75, 3.05) is 13.2 Å². The van der Waals surface area contributed by atoms with Crippen LogP contribution in [0.5, 0.6) is 0 Å². The van der Waals surface area contributed by atoms with Gasteiger partial charge >= 0.3 is 0 Å². The van der Waals surface area contributed by atoms with Gasteiger partial charge in [0.15, 0.2) is 0 Å². The smallest absolute Gasteiger partial charge is 0.0457 e. The minimum atomic E-state index is 0.117. The van der Waals surface area contributed by atoms with Crippen molar-refractivity contribution < 1.29 is 5.11 Å². The van der Waals surface area contributed by atoms with Crippen LogP contribution in [-0.4, -0.2) is 24.3 Å². The number of aliphatic hydroxyl groups is 1. The van der Waals surface area contributed by atoms with Crippen LogP contribution in [-0.2, 0) is 0 Å². The molecule has 0 bridgehead atoms. The first-order valence-corrected chi connectivity index (χ1v) is 6.70. The van der Waals surface area contributed by atoms with Crippen molar-refractivity contribution >= 4 is 15.9 Å². The molecule has 0 aromatic heterocycles. The number of rotatable bonds is 6. The summed E-state index contributed by atoms with van der Waals surface area (Å²) in [5, 5.41) is 12.3. The molecule has 2 unspecified atom stereocenters. The second-order valence-electron chi connectivity index (χ2n) is 4.39. The van der Waals surface area contributed by atoms with E-state index in [1.54, 1.807) is 0 Å². The maximum atomic E-state index is 8.90. The molecule has 0 heterocycles. The van der Waals surface area contributed by atoms with Crippen molar-refractivity contribution in [3.63, 3.8) is 0 Å². The van der Waals surface area contributed by atoms with E-state index in [-0.39, 0.29) is 18.7 Å². The molecule has 0 radical (unpaired) electrons. The zero-order valence-corrected chi connectivity index (χ0v) is 12.0. The minimum absolute atomic E-state index is 0.117. The Labute approximate surface area is 112 Å². The summed E-state index contributed by atoms with van der Waals surface area (Å²) in [5.74, 6) is 0. The third-order valence-corrected chi connectivity index (χ3v) is 3.50. The van der Waals surface area contributed by atoms with Gasteiger partial charge in [-0.15, -0.1) is 0 Å². The van der Waals surface area contributed by atoms with Crippen LogP contribution in [0, 0.1) is 6.92 Å². The van der Waals surface area contributed by atoms with Gasteiger partial charge in [-0.1, -0.05) is 28.1 Å². The van der Waals surface area contributed by atoms with Crippen LogP contribution in [0.3, 0.4) is 0 Å². The molecular formula is C13H21BrN2O. The van der Waals surface area contributed by atoms with Gasteiger partial charge in [-0.3, -0.25) is 0 Å². The van der Waals surface area contributed by atoms with Crippen LogP contribution in [0.1, 0.15) is 30.5 Å². The molecule has 0 fully saturated rings. The van der Waals surface area contributed by atoms with Gasteiger partial charge in [-0.2, -0.15) is 0 Å². The van der Waals surface area contributed by atoms with Gasteiger partial charge in [0.2, 0.25) is 0 Å². The molecule has 0 saturated carbocycles. The summed E-state index contributed by atoms with van der Waals surface area (Å²) in [6, 6.07) is 6.64. The number of nitrogens with one attached hydrogen (secondary N) is 1. The summed E-state index contributed by atoms with van der Waals surface area (Å²) >= 11 is 3.57. The van der Waals surface area contributed by atoms with Crippen molar-refractivity contribution in [2.45, 2.75) is 32.4 Å². The zero-order chi connectivity index (χ0) is 12.8. The summed E-state index contributed by atoms with van der Waals surface area (Å²) in [6.45, 7) is 4.85. The van der Waals surface area contributed by atoms with Crippen molar-refractivity contribution in [3.05, 3.63) is 33.8 Å². The molecule has 1 rings (SSSR count). The Morgan fingerprint density at radius 2 is 2.18 bits per heavy atom. The van der Waals surface area contributed by atoms with Gasteiger partial charge in [0.25, 0.3) is 0 Å². The fourth-order valence-electron chi connectivity index (χ4n) is 1.82. The lowest BCUT2D eigenvalue weighted by Crippen LogP contribution is -2.35. The highest BCUT2D eigenvalue weighted by Crippen LogP contribution is 2.24. The van der Waals surface area contributed by atoms with Crippen molar-refractivity contribution in [2.24, 2.45) is 5.73 Å². The molecule has 0 aliphatic heterocycles. The number of aliphatic hydroxyl groups excluding tert-OH is 1. The Balaban J connectivity index is 2.79. The molecular weight excluding hydrogens is 280 g/mol. The van der Waals surface area contributed by atoms with E-state index in [4.69, 9.17) is 10.8 Å². The summed E-state index contributed by atoms with van der Waals surface area (Å²) < 4.78 is 1.08. The summed E-state index contributed by atoms with van der Waals surface area (Å²) in [5.41, 5.74) is 8.20. The molecule has 4 N–H and O–H groups in total. The number of hydrogen-bond acceptors (Lipinski definition) is 3. The average Bonchev–Trinajstić information content (AvgIpc) is 2.27. The molecule has 1 aromatic rings. The van der Waals surface area contributed by atoms with Gasteiger partial charge in [0, 0.05) is 29.7 Å². The summed E-state index contributed by atoms with van der Waals surface area (Å²) in [4.78, 5) is 0. The topological polar surface area (TPSA) is 58.3 Å². The number of nitrogens with two attached hydrogens (primary N) is 1. The highest BCUT2D eigenvalue weighted by molar-refractivity contribution is 9.10. The third-order valence-electron chi connectivity index (χ3n) is 2.81. The van der Waals surface area contributed by atoms with E-state index < -0.39 is 0 Å². The van der Waals surface area contributed by atoms with Crippen molar-refractivity contribution in [1.82, 2.24) is 5.32 Å². The highest BCUT2D eigenvalue weighted by Gasteiger charge is 2.15. The summed E-state index contributed by atoms with van der Waals surface area (Å²) in [7, 11) is 0. The first-order chi connectivity index (χ1) is 8.08. The Hall–Kier alpha value is -0.420. The largest absolute Gasteiger partial charge is 0.396 e. The predicted molar refractivity (Wildman–Crippen MR) is 75.0 cm³/mol. The minimum Gasteiger partial charge on any atom is -0.396 e. The molecule has 0 saturated heterocycles. The van der Waals surface area contributed by atoms with Gasteiger partial charge in [-0.25, -0.2) is 0 Å². The molecule has 2 atom stereocenters. The second kappa shape index (κ2) is 7.11. The number of halogens is 1. The normalized spacial score (nSPS) is 14.6. The zero-order valence-electron chi connectivity index (χ0n) is 10.4. The van der Waals surface area contributed by atoms with E-state index in [0.717, 1.165) is 10.9 Å². The maximum Gasteiger partial charge on any atom is 0.0457 e. The average molecular weight is 301 g/mol. The molecule has 0 aliphatic rings. The monoisotopic (exact) mass is 300 g/mol. The SMILES string of the molecule is Cc1ccc(C(CN)NC(C)CCO)c(Br)c1. The van der Waals surface area contributed by atoms with Crippen molar-refractivity contribution in [3.8, 4) is 0 Å². The second-order valence-corrected chi connectivity index (χ2v) is 5.25. The van der Waals surface area contributed by atoms with Gasteiger partial charge in [0.05, 0.1) is 0 Å². The quantitative estimate of drug-likeness (QED) is 0.754. The van der Waals surface area contributed by atoms with Crippen molar-refractivity contribution in [1.29, 1.82) is 0 Å². The van der Waals surface area contributed by atoms with Gasteiger partial charge in [0.1, 0.15) is 0 Å². The molecule has 0 spiro atoms. The third kappa shape index (κ3) is 4.39. The van der Waals surface area contributed by atoms with E-state index >= 15 is 0 Å². The fourth-order valence-corrected chi connectivity index (χ4v) is 2.59. The molecule has 0 amide bonds. The number of aryl methyl sites for hydroxylation is 1. The first kappa shape index (κ1) is 14.6. The fraction of sp³-hybridized carbons (Fsp3) is 0.538. The predicted octanol–water partition coefficient (Wildman–Crippen LogP) is 2.12. The highest BCUT2D eigenvalue weighted by atomic mass is 79.9. The van der Waals surface area contributed by atoms with Crippen LogP contribution < -0.4 is 11.1 Å². The Bertz CT molecular complexity index is 357. The summed E-state index contributed by atoms with van der Waals surface area (Å²) in [6.07, 6.45) is 0.736. The van der Waals surface area contributed by atoms with E-state index in [2.05, 4.69) is 53.3 Å². The first-order valence-electron chi connectivity index (χ1n) is 5.91. The molecule has 1 aromatic carbocycles. The van der Waals surface area contributed by atoms with E-state index in [9.17, 15) is 0 Å². The van der Waals surface area contributed by atoms with E-state index in [1.165, 1.54) is 11.1 Å². The Morgan fingerprint density at radius 3 is 2.71 bits per heavy atom. The number of hydrogen-bond donors (Lipinski definition) is 3.